The molecule has 0 saturated heterocycles. The Balaban J connectivity index is 2.01. The predicted octanol–water partition coefficient (Wildman–Crippen LogP) is 4.31. The van der Waals surface area contributed by atoms with E-state index in [0.29, 0.717) is 23.1 Å². The molecule has 3 rings (SSSR count). The number of aliphatic hydroxyl groups is 1. The van der Waals surface area contributed by atoms with E-state index >= 15 is 0 Å². The van der Waals surface area contributed by atoms with E-state index in [1.165, 1.54) is 9.13 Å². The van der Waals surface area contributed by atoms with Gasteiger partial charge in [-0.3, -0.25) is 14.1 Å². The van der Waals surface area contributed by atoms with Crippen LogP contribution in [0.15, 0.2) is 35.3 Å². The van der Waals surface area contributed by atoms with Gasteiger partial charge in [-0.1, -0.05) is 11.6 Å². The van der Waals surface area contributed by atoms with Crippen molar-refractivity contribution in [3.8, 4) is 0 Å². The Bertz CT molecular complexity index is 1110. The largest absolute Gasteiger partial charge is 0.433 e. The molecule has 0 fully saturated rings. The number of anilines is 2. The zero-order chi connectivity index (χ0) is 21.6. The molecule has 2 heterocycles. The third kappa shape index (κ3) is 4.56. The number of aromatic nitrogens is 3. The molecule has 6 nitrogen and oxygen atoms in total. The Kier molecular flexibility index (Phi) is 5.40. The Labute approximate surface area is 169 Å². The molecule has 156 valence electrons. The second-order valence-corrected chi connectivity index (χ2v) is 7.84. The normalized spacial score (nSPS) is 12.6. The summed E-state index contributed by atoms with van der Waals surface area (Å²) in [7, 11) is 1.63. The van der Waals surface area contributed by atoms with Gasteiger partial charge in [0.05, 0.1) is 27.3 Å². The van der Waals surface area contributed by atoms with Crippen molar-refractivity contribution in [1.29, 1.82) is 0 Å². The van der Waals surface area contributed by atoms with Crippen molar-refractivity contribution in [2.45, 2.75) is 38.6 Å². The van der Waals surface area contributed by atoms with Crippen LogP contribution in [-0.2, 0) is 19.8 Å². The highest BCUT2D eigenvalue weighted by atomic mass is 35.5. The molecule has 2 aromatic heterocycles. The number of benzene rings is 1. The monoisotopic (exact) mass is 428 g/mol. The number of halogens is 4. The lowest BCUT2D eigenvalue weighted by Gasteiger charge is -2.17. The van der Waals surface area contributed by atoms with Crippen LogP contribution < -0.4 is 11.0 Å². The molecule has 10 heteroatoms. The van der Waals surface area contributed by atoms with Crippen LogP contribution in [0.3, 0.4) is 0 Å². The Morgan fingerprint density at radius 1 is 1.21 bits per heavy atom. The summed E-state index contributed by atoms with van der Waals surface area (Å²) in [5.74, 6) is 0. The Morgan fingerprint density at radius 2 is 1.90 bits per heavy atom. The lowest BCUT2D eigenvalue weighted by Crippen LogP contribution is -2.27. The minimum absolute atomic E-state index is 0.0329. The van der Waals surface area contributed by atoms with Crippen LogP contribution >= 0.6 is 11.6 Å². The van der Waals surface area contributed by atoms with Gasteiger partial charge in [0.15, 0.2) is 0 Å². The molecular formula is C19H20ClF3N4O2. The first-order chi connectivity index (χ1) is 13.4. The summed E-state index contributed by atoms with van der Waals surface area (Å²) in [6.45, 7) is 3.59. The Hall–Kier alpha value is -2.52. The number of rotatable bonds is 5. The van der Waals surface area contributed by atoms with E-state index in [1.54, 1.807) is 39.1 Å². The van der Waals surface area contributed by atoms with Gasteiger partial charge in [0.25, 0.3) is 0 Å². The number of nitrogens with one attached hydrogen (secondary N) is 1. The van der Waals surface area contributed by atoms with Crippen LogP contribution in [0, 0.1) is 0 Å². The highest BCUT2D eigenvalue weighted by molar-refractivity contribution is 6.33. The van der Waals surface area contributed by atoms with Crippen LogP contribution in [0.4, 0.5) is 24.5 Å². The van der Waals surface area contributed by atoms with E-state index in [1.807, 2.05) is 0 Å². The van der Waals surface area contributed by atoms with Crippen molar-refractivity contribution in [2.24, 2.45) is 7.05 Å². The summed E-state index contributed by atoms with van der Waals surface area (Å²) in [4.78, 5) is 15.9. The third-order valence-electron chi connectivity index (χ3n) is 4.52. The van der Waals surface area contributed by atoms with Gasteiger partial charge in [0.1, 0.15) is 5.69 Å². The molecule has 0 amide bonds. The van der Waals surface area contributed by atoms with Gasteiger partial charge in [-0.05, 0) is 44.5 Å². The van der Waals surface area contributed by atoms with E-state index < -0.39 is 17.5 Å². The maximum absolute atomic E-state index is 12.9. The lowest BCUT2D eigenvalue weighted by atomic mass is 10.1. The van der Waals surface area contributed by atoms with E-state index in [2.05, 4.69) is 10.3 Å². The van der Waals surface area contributed by atoms with Crippen molar-refractivity contribution in [1.82, 2.24) is 14.1 Å². The predicted molar refractivity (Wildman–Crippen MR) is 106 cm³/mol. The minimum Gasteiger partial charge on any atom is -0.390 e. The molecule has 0 atom stereocenters. The first kappa shape index (κ1) is 21.2. The van der Waals surface area contributed by atoms with Gasteiger partial charge in [-0.2, -0.15) is 13.2 Å². The number of imidazole rings is 1. The molecule has 0 aliphatic carbocycles. The topological polar surface area (TPSA) is 72.1 Å². The molecule has 0 saturated carbocycles. The molecule has 2 N–H and O–H groups in total. The SMILES string of the molecule is Cn1c(=O)n(CCC(C)(C)O)c2cc(Nc3cc(C(F)(F)F)ncc3Cl)ccc21. The number of nitrogens with zero attached hydrogens (tertiary/aromatic N) is 3. The second-order valence-electron chi connectivity index (χ2n) is 7.43. The highest BCUT2D eigenvalue weighted by Gasteiger charge is 2.33. The number of hydrogen-bond acceptors (Lipinski definition) is 4. The fraction of sp³-hybridized carbons (Fsp3) is 0.368. The highest BCUT2D eigenvalue weighted by Crippen LogP contribution is 2.33. The maximum Gasteiger partial charge on any atom is 0.433 e. The summed E-state index contributed by atoms with van der Waals surface area (Å²) in [5.41, 5.74) is -0.497. The fourth-order valence-electron chi connectivity index (χ4n) is 2.93. The summed E-state index contributed by atoms with van der Waals surface area (Å²) >= 11 is 6.00. The van der Waals surface area contributed by atoms with Crippen molar-refractivity contribution in [3.63, 3.8) is 0 Å². The molecule has 29 heavy (non-hydrogen) atoms. The average molecular weight is 429 g/mol. The molecule has 3 aromatic rings. The zero-order valence-electron chi connectivity index (χ0n) is 16.0. The van der Waals surface area contributed by atoms with Gasteiger partial charge < -0.3 is 10.4 Å². The lowest BCUT2D eigenvalue weighted by molar-refractivity contribution is -0.141. The maximum atomic E-state index is 12.9. The van der Waals surface area contributed by atoms with E-state index in [9.17, 15) is 23.1 Å². The third-order valence-corrected chi connectivity index (χ3v) is 4.82. The van der Waals surface area contributed by atoms with Gasteiger partial charge in [-0.15, -0.1) is 0 Å². The zero-order valence-corrected chi connectivity index (χ0v) is 16.8. The molecular weight excluding hydrogens is 409 g/mol. The summed E-state index contributed by atoms with van der Waals surface area (Å²) < 4.78 is 41.8. The van der Waals surface area contributed by atoms with Crippen molar-refractivity contribution in [3.05, 3.63) is 51.7 Å². The van der Waals surface area contributed by atoms with Crippen molar-refractivity contribution < 1.29 is 18.3 Å². The summed E-state index contributed by atoms with van der Waals surface area (Å²) in [6, 6.07) is 5.83. The molecule has 0 bridgehead atoms. The average Bonchev–Trinajstić information content (AvgIpc) is 2.84. The summed E-state index contributed by atoms with van der Waals surface area (Å²) in [5, 5.41) is 12.9. The van der Waals surface area contributed by atoms with E-state index in [4.69, 9.17) is 11.6 Å². The minimum atomic E-state index is -4.60. The van der Waals surface area contributed by atoms with E-state index in [-0.39, 0.29) is 22.9 Å². The van der Waals surface area contributed by atoms with Crippen LogP contribution in [0.1, 0.15) is 26.0 Å². The quantitative estimate of drug-likeness (QED) is 0.635. The van der Waals surface area contributed by atoms with Crippen molar-refractivity contribution >= 4 is 34.0 Å². The summed E-state index contributed by atoms with van der Waals surface area (Å²) in [6.07, 6.45) is -3.30. The number of alkyl halides is 3. The van der Waals surface area contributed by atoms with Crippen LogP contribution in [0.5, 0.6) is 0 Å². The Morgan fingerprint density at radius 3 is 2.52 bits per heavy atom. The van der Waals surface area contributed by atoms with E-state index in [0.717, 1.165) is 12.3 Å². The first-order valence-electron chi connectivity index (χ1n) is 8.78. The number of aryl methyl sites for hydroxylation is 2. The number of fused-ring (bicyclic) bond motifs is 1. The number of hydrogen-bond donors (Lipinski definition) is 2. The van der Waals surface area contributed by atoms with Gasteiger partial charge in [-0.25, -0.2) is 4.79 Å². The molecule has 0 aliphatic heterocycles. The second kappa shape index (κ2) is 7.38. The van der Waals surface area contributed by atoms with Crippen molar-refractivity contribution in [2.75, 3.05) is 5.32 Å². The van der Waals surface area contributed by atoms with Crippen LogP contribution in [-0.4, -0.2) is 24.8 Å². The van der Waals surface area contributed by atoms with Crippen LogP contribution in [0.25, 0.3) is 11.0 Å². The van der Waals surface area contributed by atoms with Gasteiger partial charge >= 0.3 is 11.9 Å². The first-order valence-corrected chi connectivity index (χ1v) is 9.16. The molecule has 1 aromatic carbocycles. The number of pyridine rings is 1. The molecule has 0 unspecified atom stereocenters. The molecule has 0 radical (unpaired) electrons. The van der Waals surface area contributed by atoms with Gasteiger partial charge in [0, 0.05) is 25.5 Å². The molecule has 0 aliphatic rings. The fourth-order valence-corrected chi connectivity index (χ4v) is 3.09. The van der Waals surface area contributed by atoms with Crippen LogP contribution in [0.2, 0.25) is 5.02 Å². The molecule has 0 spiro atoms. The smallest absolute Gasteiger partial charge is 0.390 e. The van der Waals surface area contributed by atoms with Gasteiger partial charge in [0.2, 0.25) is 0 Å². The standard InChI is InChI=1S/C19H20ClF3N4O2/c1-18(2,29)6-7-27-15-8-11(4-5-14(15)26(3)17(27)28)25-13-9-16(19(21,22)23)24-10-12(13)20/h4-5,8-10,29H,6-7H2,1-3H3,(H,24,25).